The first kappa shape index (κ1) is 31.2. The van der Waals surface area contributed by atoms with Crippen molar-refractivity contribution in [2.45, 2.75) is 52.2 Å². The molecule has 42 heavy (non-hydrogen) atoms. The molecule has 10 heteroatoms. The number of piperazine rings is 1. The lowest BCUT2D eigenvalue weighted by molar-refractivity contribution is -0.212. The number of likely N-dealkylation sites (tertiary alicyclic amines) is 1. The summed E-state index contributed by atoms with van der Waals surface area (Å²) in [6.07, 6.45) is 0.598. The number of rotatable bonds is 10. The Hall–Kier alpha value is -3.76. The van der Waals surface area contributed by atoms with Crippen LogP contribution in [-0.4, -0.2) is 96.1 Å². The summed E-state index contributed by atoms with van der Waals surface area (Å²) in [6.45, 7) is 8.48. The third kappa shape index (κ3) is 6.34. The molecule has 10 nitrogen and oxygen atoms in total. The monoisotopic (exact) mass is 577 g/mol. The number of nitrogens with zero attached hydrogens (tertiary/aromatic N) is 4. The van der Waals surface area contributed by atoms with Gasteiger partial charge in [0, 0.05) is 32.7 Å². The molecule has 0 aromatic heterocycles. The Morgan fingerprint density at radius 2 is 1.48 bits per heavy atom. The average molecular weight is 578 g/mol. The standard InChI is InChI=1S/C32H43N5O5/c1-5-18-36(28(39)27(24-14-10-8-11-15-24)25-16-12-9-13-17-25)33-31(41)37-29(40)32(6-2,7-3)30(37)42-23-26(38)35-21-19-34(4)20-22-35/h8-17,27,30H,5-7,18-23H2,1-4H3,(H,33,41). The summed E-state index contributed by atoms with van der Waals surface area (Å²) >= 11 is 0. The van der Waals surface area contributed by atoms with Gasteiger partial charge in [0.2, 0.25) is 11.8 Å². The fourth-order valence-corrected chi connectivity index (χ4v) is 5.80. The molecule has 5 amide bonds. The Labute approximate surface area is 248 Å². The molecule has 0 radical (unpaired) electrons. The van der Waals surface area contributed by atoms with Gasteiger partial charge in [-0.05, 0) is 37.4 Å². The predicted molar refractivity (Wildman–Crippen MR) is 159 cm³/mol. The lowest BCUT2D eigenvalue weighted by Gasteiger charge is -2.53. The third-order valence-electron chi connectivity index (χ3n) is 8.51. The lowest BCUT2D eigenvalue weighted by atomic mass is 9.72. The maximum atomic E-state index is 14.0. The van der Waals surface area contributed by atoms with E-state index in [1.807, 2.05) is 88.5 Å². The van der Waals surface area contributed by atoms with E-state index in [4.69, 9.17) is 4.74 Å². The van der Waals surface area contributed by atoms with Crippen molar-refractivity contribution < 1.29 is 23.9 Å². The molecule has 2 saturated heterocycles. The van der Waals surface area contributed by atoms with Crippen LogP contribution in [0.4, 0.5) is 4.79 Å². The molecule has 2 heterocycles. The SMILES string of the molecule is CCCN(NC(=O)N1C(=O)C(CC)(CC)C1OCC(=O)N1CCN(C)CC1)C(=O)C(c1ccccc1)c1ccccc1. The van der Waals surface area contributed by atoms with Crippen LogP contribution in [0.1, 0.15) is 57.1 Å². The second kappa shape index (κ2) is 13.9. The summed E-state index contributed by atoms with van der Waals surface area (Å²) < 4.78 is 6.05. The van der Waals surface area contributed by atoms with Crippen LogP contribution in [-0.2, 0) is 19.1 Å². The van der Waals surface area contributed by atoms with Crippen LogP contribution in [0.2, 0.25) is 0 Å². The van der Waals surface area contributed by atoms with Gasteiger partial charge in [0.15, 0.2) is 6.23 Å². The Kier molecular flexibility index (Phi) is 10.3. The highest BCUT2D eigenvalue weighted by Crippen LogP contribution is 2.45. The molecule has 1 unspecified atom stereocenters. The number of hydrazine groups is 1. The minimum atomic E-state index is -0.908. The summed E-state index contributed by atoms with van der Waals surface area (Å²) in [5.74, 6) is -1.49. The second-order valence-electron chi connectivity index (χ2n) is 11.0. The first-order valence-corrected chi connectivity index (χ1v) is 14.9. The van der Waals surface area contributed by atoms with Gasteiger partial charge in [-0.1, -0.05) is 81.4 Å². The zero-order valence-electron chi connectivity index (χ0n) is 25.1. The van der Waals surface area contributed by atoms with Crippen LogP contribution in [0.25, 0.3) is 0 Å². The van der Waals surface area contributed by atoms with Gasteiger partial charge in [-0.25, -0.2) is 15.1 Å². The summed E-state index contributed by atoms with van der Waals surface area (Å²) in [7, 11) is 2.01. The van der Waals surface area contributed by atoms with Crippen molar-refractivity contribution in [3.8, 4) is 0 Å². The number of ether oxygens (including phenoxy) is 1. The molecule has 1 N–H and O–H groups in total. The van der Waals surface area contributed by atoms with Gasteiger partial charge in [-0.3, -0.25) is 19.4 Å². The Morgan fingerprint density at radius 1 is 0.929 bits per heavy atom. The first-order valence-electron chi connectivity index (χ1n) is 14.9. The van der Waals surface area contributed by atoms with Gasteiger partial charge in [-0.2, -0.15) is 0 Å². The summed E-state index contributed by atoms with van der Waals surface area (Å²) in [5, 5.41) is 1.30. The van der Waals surface area contributed by atoms with Crippen molar-refractivity contribution in [2.75, 3.05) is 46.4 Å². The van der Waals surface area contributed by atoms with Crippen molar-refractivity contribution in [2.24, 2.45) is 5.41 Å². The van der Waals surface area contributed by atoms with E-state index in [0.717, 1.165) is 29.1 Å². The van der Waals surface area contributed by atoms with E-state index >= 15 is 0 Å². The summed E-state index contributed by atoms with van der Waals surface area (Å²) in [4.78, 5) is 59.0. The number of carbonyl (C=O) groups excluding carboxylic acids is 4. The number of amides is 5. The number of β-lactam (4-membered cyclic amide) rings is 1. The van der Waals surface area contributed by atoms with E-state index in [1.54, 1.807) is 4.90 Å². The molecule has 2 aliphatic heterocycles. The number of urea groups is 1. The van der Waals surface area contributed by atoms with Gasteiger partial charge >= 0.3 is 6.03 Å². The molecule has 2 aliphatic rings. The van der Waals surface area contributed by atoms with Gasteiger partial charge in [0.1, 0.15) is 6.61 Å². The Morgan fingerprint density at radius 3 is 1.98 bits per heavy atom. The van der Waals surface area contributed by atoms with Crippen LogP contribution in [0.5, 0.6) is 0 Å². The minimum Gasteiger partial charge on any atom is -0.347 e. The van der Waals surface area contributed by atoms with E-state index in [-0.39, 0.29) is 30.9 Å². The summed E-state index contributed by atoms with van der Waals surface area (Å²) in [5.41, 5.74) is 3.39. The molecule has 2 aromatic carbocycles. The quantitative estimate of drug-likeness (QED) is 0.343. The number of carbonyl (C=O) groups is 4. The number of hydrogen-bond donors (Lipinski definition) is 1. The highest BCUT2D eigenvalue weighted by molar-refractivity contribution is 6.04. The molecular weight excluding hydrogens is 534 g/mol. The van der Waals surface area contributed by atoms with Gasteiger partial charge in [0.25, 0.3) is 5.91 Å². The maximum absolute atomic E-state index is 14.0. The molecule has 0 aliphatic carbocycles. The van der Waals surface area contributed by atoms with Gasteiger partial charge in [0.05, 0.1) is 11.3 Å². The molecule has 0 spiro atoms. The molecule has 2 fully saturated rings. The fourth-order valence-electron chi connectivity index (χ4n) is 5.80. The van der Waals surface area contributed by atoms with E-state index in [2.05, 4.69) is 10.3 Å². The highest BCUT2D eigenvalue weighted by atomic mass is 16.5. The maximum Gasteiger partial charge on any atom is 0.345 e. The van der Waals surface area contributed by atoms with Gasteiger partial charge < -0.3 is 14.5 Å². The van der Waals surface area contributed by atoms with Crippen LogP contribution in [0, 0.1) is 5.41 Å². The van der Waals surface area contributed by atoms with Crippen molar-refractivity contribution in [3.05, 3.63) is 71.8 Å². The van der Waals surface area contributed by atoms with E-state index in [0.29, 0.717) is 32.4 Å². The second-order valence-corrected chi connectivity index (χ2v) is 11.0. The van der Waals surface area contributed by atoms with Crippen molar-refractivity contribution >= 4 is 23.8 Å². The minimum absolute atomic E-state index is 0.166. The van der Waals surface area contributed by atoms with Crippen molar-refractivity contribution in [3.63, 3.8) is 0 Å². The van der Waals surface area contributed by atoms with Crippen LogP contribution >= 0.6 is 0 Å². The topological polar surface area (TPSA) is 102 Å². The molecule has 2 aromatic rings. The number of likely N-dealkylation sites (N-methyl/N-ethyl adjacent to an activating group) is 1. The molecule has 4 rings (SSSR count). The highest BCUT2D eigenvalue weighted by Gasteiger charge is 2.62. The normalized spacial score (nSPS) is 18.5. The summed E-state index contributed by atoms with van der Waals surface area (Å²) in [6, 6.07) is 18.1. The zero-order valence-corrected chi connectivity index (χ0v) is 25.1. The largest absolute Gasteiger partial charge is 0.347 e. The Bertz CT molecular complexity index is 1190. The van der Waals surface area contributed by atoms with E-state index in [1.165, 1.54) is 5.01 Å². The van der Waals surface area contributed by atoms with E-state index < -0.39 is 23.6 Å². The molecule has 0 saturated carbocycles. The van der Waals surface area contributed by atoms with Crippen LogP contribution in [0.3, 0.4) is 0 Å². The lowest BCUT2D eigenvalue weighted by Crippen LogP contribution is -2.73. The van der Waals surface area contributed by atoms with Crippen molar-refractivity contribution in [1.82, 2.24) is 25.1 Å². The van der Waals surface area contributed by atoms with Crippen LogP contribution < -0.4 is 5.43 Å². The number of imide groups is 1. The van der Waals surface area contributed by atoms with Crippen LogP contribution in [0.15, 0.2) is 60.7 Å². The van der Waals surface area contributed by atoms with E-state index in [9.17, 15) is 19.2 Å². The van der Waals surface area contributed by atoms with Crippen molar-refractivity contribution in [1.29, 1.82) is 0 Å². The van der Waals surface area contributed by atoms with Gasteiger partial charge in [-0.15, -0.1) is 0 Å². The first-order chi connectivity index (χ1) is 20.3. The Balaban J connectivity index is 1.53. The molecule has 226 valence electrons. The molecular formula is C32H43N5O5. The smallest absolute Gasteiger partial charge is 0.345 e. The average Bonchev–Trinajstić information content (AvgIpc) is 3.01. The number of benzene rings is 2. The zero-order chi connectivity index (χ0) is 30.3. The molecule has 1 atom stereocenters. The number of hydrogen-bond acceptors (Lipinski definition) is 6. The number of nitrogens with one attached hydrogen (secondary N) is 1. The third-order valence-corrected chi connectivity index (χ3v) is 8.51. The molecule has 0 bridgehead atoms. The predicted octanol–water partition coefficient (Wildman–Crippen LogP) is 3.45. The fraction of sp³-hybridized carbons (Fsp3) is 0.500.